The fourth-order valence-electron chi connectivity index (χ4n) is 2.51. The molecule has 3 heteroatoms. The number of hydrogen-bond acceptors (Lipinski definition) is 2. The van der Waals surface area contributed by atoms with Gasteiger partial charge in [0.2, 0.25) is 5.91 Å². The Hall–Kier alpha value is -1.35. The number of anilines is 1. The van der Waals surface area contributed by atoms with Crippen LogP contribution in [-0.2, 0) is 4.79 Å². The van der Waals surface area contributed by atoms with E-state index in [0.29, 0.717) is 18.4 Å². The minimum Gasteiger partial charge on any atom is -0.326 e. The third-order valence-electron chi connectivity index (χ3n) is 3.68. The Bertz CT molecular complexity index is 423. The first kappa shape index (κ1) is 14.1. The van der Waals surface area contributed by atoms with Crippen LogP contribution in [0.4, 0.5) is 5.69 Å². The predicted octanol–water partition coefficient (Wildman–Crippen LogP) is 3.28. The van der Waals surface area contributed by atoms with Gasteiger partial charge in [-0.3, -0.25) is 4.79 Å². The average Bonchev–Trinajstić information content (AvgIpc) is 2.40. The molecule has 1 atom stereocenters. The lowest BCUT2D eigenvalue weighted by molar-refractivity contribution is -0.116. The lowest BCUT2D eigenvalue weighted by atomic mass is 10.0. The first-order valence-electron chi connectivity index (χ1n) is 7.28. The molecule has 1 saturated heterocycles. The quantitative estimate of drug-likeness (QED) is 0.872. The van der Waals surface area contributed by atoms with Crippen molar-refractivity contribution in [3.63, 3.8) is 0 Å². The Morgan fingerprint density at radius 2 is 2.26 bits per heavy atom. The van der Waals surface area contributed by atoms with Crippen molar-refractivity contribution < 1.29 is 4.79 Å². The Morgan fingerprint density at radius 1 is 1.42 bits per heavy atom. The lowest BCUT2D eigenvalue weighted by Gasteiger charge is -2.22. The molecule has 0 aliphatic carbocycles. The maximum Gasteiger partial charge on any atom is 0.225 e. The number of hydrogen-bond donors (Lipinski definition) is 2. The van der Waals surface area contributed by atoms with Crippen molar-refractivity contribution in [3.05, 3.63) is 29.8 Å². The van der Waals surface area contributed by atoms with Gasteiger partial charge in [-0.05, 0) is 43.0 Å². The molecule has 0 aromatic heterocycles. The van der Waals surface area contributed by atoms with Gasteiger partial charge in [-0.25, -0.2) is 0 Å². The smallest absolute Gasteiger partial charge is 0.225 e. The third-order valence-corrected chi connectivity index (χ3v) is 3.68. The van der Waals surface area contributed by atoms with Crippen LogP contribution in [0.25, 0.3) is 0 Å². The molecule has 0 bridgehead atoms. The predicted molar refractivity (Wildman–Crippen MR) is 79.4 cm³/mol. The van der Waals surface area contributed by atoms with Crippen molar-refractivity contribution in [2.45, 2.75) is 51.5 Å². The molecule has 0 radical (unpaired) electrons. The maximum atomic E-state index is 12.0. The van der Waals surface area contributed by atoms with E-state index in [1.807, 2.05) is 12.1 Å². The van der Waals surface area contributed by atoms with Crippen LogP contribution in [0, 0.1) is 0 Å². The molecule has 1 aromatic rings. The number of amides is 1. The Labute approximate surface area is 115 Å². The van der Waals surface area contributed by atoms with Gasteiger partial charge < -0.3 is 10.6 Å². The van der Waals surface area contributed by atoms with Gasteiger partial charge in [0, 0.05) is 18.2 Å². The van der Waals surface area contributed by atoms with Crippen LogP contribution in [-0.4, -0.2) is 18.5 Å². The highest BCUT2D eigenvalue weighted by Crippen LogP contribution is 2.19. The van der Waals surface area contributed by atoms with E-state index < -0.39 is 0 Å². The molecule has 2 N–H and O–H groups in total. The number of carbonyl (C=O) groups excluding carboxylic acids is 1. The molecular weight excluding hydrogens is 236 g/mol. The topological polar surface area (TPSA) is 41.1 Å². The largest absolute Gasteiger partial charge is 0.326 e. The molecule has 0 spiro atoms. The summed E-state index contributed by atoms with van der Waals surface area (Å²) in [5, 5.41) is 6.41. The molecule has 19 heavy (non-hydrogen) atoms. The monoisotopic (exact) mass is 260 g/mol. The summed E-state index contributed by atoms with van der Waals surface area (Å²) < 4.78 is 0. The first-order valence-corrected chi connectivity index (χ1v) is 7.28. The van der Waals surface area contributed by atoms with Gasteiger partial charge in [-0.1, -0.05) is 32.4 Å². The molecule has 1 aliphatic heterocycles. The van der Waals surface area contributed by atoms with Crippen LogP contribution in [0.15, 0.2) is 24.3 Å². The summed E-state index contributed by atoms with van der Waals surface area (Å²) in [5.74, 6) is 0.595. The lowest BCUT2D eigenvalue weighted by Crippen LogP contribution is -2.36. The average molecular weight is 260 g/mol. The highest BCUT2D eigenvalue weighted by molar-refractivity contribution is 5.91. The fourth-order valence-corrected chi connectivity index (χ4v) is 2.51. The fraction of sp³-hybridized carbons (Fsp3) is 0.562. The molecule has 1 unspecified atom stereocenters. The van der Waals surface area contributed by atoms with Gasteiger partial charge in [-0.15, -0.1) is 0 Å². The van der Waals surface area contributed by atoms with Gasteiger partial charge in [0.05, 0.1) is 0 Å². The summed E-state index contributed by atoms with van der Waals surface area (Å²) in [7, 11) is 0. The van der Waals surface area contributed by atoms with E-state index in [4.69, 9.17) is 0 Å². The zero-order valence-corrected chi connectivity index (χ0v) is 11.9. The Kier molecular flexibility index (Phi) is 4.97. The minimum atomic E-state index is 0.111. The van der Waals surface area contributed by atoms with Crippen molar-refractivity contribution in [2.24, 2.45) is 0 Å². The maximum absolute atomic E-state index is 12.0. The normalized spacial score (nSPS) is 19.4. The zero-order valence-electron chi connectivity index (χ0n) is 11.9. The summed E-state index contributed by atoms with van der Waals surface area (Å²) in [5.41, 5.74) is 2.17. The Balaban J connectivity index is 1.89. The molecule has 1 fully saturated rings. The Morgan fingerprint density at radius 3 is 2.95 bits per heavy atom. The number of carbonyl (C=O) groups is 1. The van der Waals surface area contributed by atoms with Crippen LogP contribution in [0.1, 0.15) is 51.0 Å². The molecule has 1 aromatic carbocycles. The van der Waals surface area contributed by atoms with E-state index in [9.17, 15) is 4.79 Å². The summed E-state index contributed by atoms with van der Waals surface area (Å²) in [6, 6.07) is 8.48. The summed E-state index contributed by atoms with van der Waals surface area (Å²) in [6.45, 7) is 5.36. The second kappa shape index (κ2) is 6.71. The van der Waals surface area contributed by atoms with Crippen molar-refractivity contribution in [1.29, 1.82) is 0 Å². The van der Waals surface area contributed by atoms with Crippen LogP contribution >= 0.6 is 0 Å². The van der Waals surface area contributed by atoms with E-state index >= 15 is 0 Å². The molecule has 0 saturated carbocycles. The van der Waals surface area contributed by atoms with E-state index in [-0.39, 0.29) is 5.91 Å². The van der Waals surface area contributed by atoms with E-state index in [1.165, 1.54) is 18.4 Å². The molecule has 1 aliphatic rings. The van der Waals surface area contributed by atoms with Crippen LogP contribution in [0.2, 0.25) is 0 Å². The van der Waals surface area contributed by atoms with E-state index in [1.54, 1.807) is 0 Å². The molecule has 1 heterocycles. The minimum absolute atomic E-state index is 0.111. The van der Waals surface area contributed by atoms with Crippen LogP contribution in [0.3, 0.4) is 0 Å². The summed E-state index contributed by atoms with van der Waals surface area (Å²) in [6.07, 6.45) is 4.15. The zero-order chi connectivity index (χ0) is 13.7. The van der Waals surface area contributed by atoms with Crippen molar-refractivity contribution in [3.8, 4) is 0 Å². The molecule has 1 amide bonds. The first-order chi connectivity index (χ1) is 9.15. The van der Waals surface area contributed by atoms with E-state index in [2.05, 4.69) is 36.6 Å². The number of benzene rings is 1. The highest BCUT2D eigenvalue weighted by Gasteiger charge is 2.16. The van der Waals surface area contributed by atoms with Crippen LogP contribution < -0.4 is 10.6 Å². The standard InChI is InChI=1S/C16H24N2O/c1-12(2)13-6-5-8-15(10-13)18-16(19)11-14-7-3-4-9-17-14/h5-6,8,10,12,14,17H,3-4,7,9,11H2,1-2H3,(H,18,19). The molecular formula is C16H24N2O. The summed E-state index contributed by atoms with van der Waals surface area (Å²) >= 11 is 0. The highest BCUT2D eigenvalue weighted by atomic mass is 16.1. The van der Waals surface area contributed by atoms with E-state index in [0.717, 1.165) is 18.7 Å². The van der Waals surface area contributed by atoms with Crippen molar-refractivity contribution in [2.75, 3.05) is 11.9 Å². The van der Waals surface area contributed by atoms with Crippen molar-refractivity contribution >= 4 is 11.6 Å². The second-order valence-corrected chi connectivity index (χ2v) is 5.68. The van der Waals surface area contributed by atoms with Gasteiger partial charge in [-0.2, -0.15) is 0 Å². The molecule has 104 valence electrons. The number of piperidine rings is 1. The van der Waals surface area contributed by atoms with Gasteiger partial charge in [0.1, 0.15) is 0 Å². The summed E-state index contributed by atoms with van der Waals surface area (Å²) in [4.78, 5) is 12.0. The third kappa shape index (κ3) is 4.35. The van der Waals surface area contributed by atoms with Crippen LogP contribution in [0.5, 0.6) is 0 Å². The number of rotatable bonds is 4. The van der Waals surface area contributed by atoms with Crippen molar-refractivity contribution in [1.82, 2.24) is 5.32 Å². The van der Waals surface area contributed by atoms with Gasteiger partial charge >= 0.3 is 0 Å². The second-order valence-electron chi connectivity index (χ2n) is 5.68. The SMILES string of the molecule is CC(C)c1cccc(NC(=O)CC2CCCCN2)c1. The van der Waals surface area contributed by atoms with Gasteiger partial charge in [0.25, 0.3) is 0 Å². The molecule has 3 nitrogen and oxygen atoms in total. The van der Waals surface area contributed by atoms with Gasteiger partial charge in [0.15, 0.2) is 0 Å². The molecule has 2 rings (SSSR count). The number of nitrogens with one attached hydrogen (secondary N) is 2.